The second kappa shape index (κ2) is 2.09. The third-order valence-electron chi connectivity index (χ3n) is 1.98. The first-order valence-corrected chi connectivity index (χ1v) is 3.49. The molecule has 2 aliphatic heterocycles. The minimum absolute atomic E-state index is 0.148. The van der Waals surface area contributed by atoms with Gasteiger partial charge in [0.2, 0.25) is 6.41 Å². The van der Waals surface area contributed by atoms with Gasteiger partial charge in [0.1, 0.15) is 6.10 Å². The van der Waals surface area contributed by atoms with Crippen LogP contribution in [-0.4, -0.2) is 23.6 Å². The molecule has 2 bridgehead atoms. The van der Waals surface area contributed by atoms with Crippen LogP contribution in [0, 0.1) is 0 Å². The highest BCUT2D eigenvalue weighted by Crippen LogP contribution is 2.25. The molecule has 3 aliphatic rings. The Labute approximate surface area is 59.2 Å². The molecule has 2 unspecified atom stereocenters. The van der Waals surface area contributed by atoms with Gasteiger partial charge >= 0.3 is 0 Å². The number of carbonyl (C=O) groups excluding carboxylic acids is 1. The summed E-state index contributed by atoms with van der Waals surface area (Å²) in [6.45, 7) is 0. The molecule has 0 aromatic heterocycles. The number of amides is 1. The zero-order valence-electron chi connectivity index (χ0n) is 5.56. The topological polar surface area (TPSA) is 29.5 Å². The number of carbonyl (C=O) groups is 1. The Balaban J connectivity index is 2.18. The van der Waals surface area contributed by atoms with E-state index in [9.17, 15) is 4.79 Å². The molecule has 54 valence electrons. The van der Waals surface area contributed by atoms with Crippen molar-refractivity contribution >= 4 is 6.41 Å². The van der Waals surface area contributed by atoms with Crippen molar-refractivity contribution in [1.29, 1.82) is 0 Å². The van der Waals surface area contributed by atoms with E-state index in [4.69, 9.17) is 4.84 Å². The molecule has 0 N–H and O–H groups in total. The first kappa shape index (κ1) is 5.92. The number of hydrogen-bond donors (Lipinski definition) is 0. The van der Waals surface area contributed by atoms with Crippen LogP contribution in [0.25, 0.3) is 0 Å². The molecule has 0 saturated carbocycles. The zero-order chi connectivity index (χ0) is 6.97. The van der Waals surface area contributed by atoms with E-state index < -0.39 is 0 Å². The van der Waals surface area contributed by atoms with Gasteiger partial charge in [0, 0.05) is 0 Å². The average molecular weight is 139 g/mol. The van der Waals surface area contributed by atoms with Gasteiger partial charge in [-0.1, -0.05) is 12.2 Å². The number of hydroxylamine groups is 2. The van der Waals surface area contributed by atoms with Gasteiger partial charge in [-0.3, -0.25) is 9.63 Å². The lowest BCUT2D eigenvalue weighted by Gasteiger charge is -2.37. The van der Waals surface area contributed by atoms with Crippen LogP contribution in [-0.2, 0) is 9.63 Å². The average Bonchev–Trinajstić information content (AvgIpc) is 2.06. The Bertz CT molecular complexity index is 178. The molecule has 10 heavy (non-hydrogen) atoms. The molecular formula is C7H9NO2. The van der Waals surface area contributed by atoms with E-state index in [0.29, 0.717) is 0 Å². The van der Waals surface area contributed by atoms with Gasteiger partial charge in [0.15, 0.2) is 0 Å². The van der Waals surface area contributed by atoms with E-state index in [1.54, 1.807) is 0 Å². The summed E-state index contributed by atoms with van der Waals surface area (Å²) >= 11 is 0. The fraction of sp³-hybridized carbons (Fsp3) is 0.571. The van der Waals surface area contributed by atoms with Crippen LogP contribution in [0.4, 0.5) is 0 Å². The van der Waals surface area contributed by atoms with Crippen molar-refractivity contribution in [3.63, 3.8) is 0 Å². The summed E-state index contributed by atoms with van der Waals surface area (Å²) in [5.74, 6) is 0. The molecular weight excluding hydrogens is 130 g/mol. The smallest absolute Gasteiger partial charge is 0.233 e. The second-order valence-electron chi connectivity index (χ2n) is 2.64. The normalized spacial score (nSPS) is 36.6. The summed E-state index contributed by atoms with van der Waals surface area (Å²) < 4.78 is 0. The Hall–Kier alpha value is -0.830. The molecule has 1 fully saturated rings. The highest BCUT2D eigenvalue weighted by molar-refractivity contribution is 5.47. The van der Waals surface area contributed by atoms with Crippen molar-refractivity contribution in [3.8, 4) is 0 Å². The summed E-state index contributed by atoms with van der Waals surface area (Å²) in [4.78, 5) is 15.5. The van der Waals surface area contributed by atoms with Crippen LogP contribution in [0.3, 0.4) is 0 Å². The maximum atomic E-state index is 10.3. The van der Waals surface area contributed by atoms with Crippen molar-refractivity contribution in [1.82, 2.24) is 5.06 Å². The van der Waals surface area contributed by atoms with Gasteiger partial charge < -0.3 is 0 Å². The standard InChI is InChI=1S/C7H9NO2/c9-5-8-6-1-3-7(10-8)4-2-6/h1,3,5-7H,2,4H2. The zero-order valence-corrected chi connectivity index (χ0v) is 5.56. The van der Waals surface area contributed by atoms with Gasteiger partial charge in [0.05, 0.1) is 6.04 Å². The summed E-state index contributed by atoms with van der Waals surface area (Å²) in [6, 6.07) is 0.197. The van der Waals surface area contributed by atoms with E-state index in [1.165, 1.54) is 5.06 Å². The number of hydrogen-bond acceptors (Lipinski definition) is 2. The molecule has 2 heterocycles. The van der Waals surface area contributed by atoms with Crippen LogP contribution in [0.5, 0.6) is 0 Å². The van der Waals surface area contributed by atoms with Gasteiger partial charge in [-0.25, -0.2) is 5.06 Å². The highest BCUT2D eigenvalue weighted by Gasteiger charge is 2.29. The molecule has 3 nitrogen and oxygen atoms in total. The maximum Gasteiger partial charge on any atom is 0.233 e. The fourth-order valence-corrected chi connectivity index (χ4v) is 1.42. The van der Waals surface area contributed by atoms with Gasteiger partial charge in [0.25, 0.3) is 0 Å². The van der Waals surface area contributed by atoms with Crippen LogP contribution < -0.4 is 0 Å². The molecule has 0 aromatic carbocycles. The fourth-order valence-electron chi connectivity index (χ4n) is 1.42. The SMILES string of the molecule is O=CN1OC2C=CC1CC2. The highest BCUT2D eigenvalue weighted by atomic mass is 16.7. The maximum absolute atomic E-state index is 10.3. The molecule has 0 radical (unpaired) electrons. The number of nitrogens with zero attached hydrogens (tertiary/aromatic N) is 1. The quantitative estimate of drug-likeness (QED) is 0.390. The molecule has 3 rings (SSSR count). The number of fused-ring (bicyclic) bond motifs is 2. The minimum Gasteiger partial charge on any atom is -0.276 e. The first-order chi connectivity index (χ1) is 4.90. The van der Waals surface area contributed by atoms with E-state index in [-0.39, 0.29) is 12.1 Å². The van der Waals surface area contributed by atoms with Gasteiger partial charge in [-0.15, -0.1) is 0 Å². The van der Waals surface area contributed by atoms with Crippen molar-refractivity contribution < 1.29 is 9.63 Å². The Morgan fingerprint density at radius 2 is 2.40 bits per heavy atom. The summed E-state index contributed by atoms with van der Waals surface area (Å²) in [5.41, 5.74) is 0. The largest absolute Gasteiger partial charge is 0.276 e. The Morgan fingerprint density at radius 3 is 2.70 bits per heavy atom. The third-order valence-corrected chi connectivity index (χ3v) is 1.98. The molecule has 1 amide bonds. The lowest BCUT2D eigenvalue weighted by atomic mass is 9.99. The van der Waals surface area contributed by atoms with Crippen LogP contribution >= 0.6 is 0 Å². The predicted octanol–water partition coefficient (Wildman–Crippen LogP) is 0.477. The lowest BCUT2D eigenvalue weighted by Crippen LogP contribution is -2.44. The molecule has 1 aliphatic carbocycles. The van der Waals surface area contributed by atoms with Crippen molar-refractivity contribution in [2.24, 2.45) is 0 Å². The van der Waals surface area contributed by atoms with Crippen molar-refractivity contribution in [3.05, 3.63) is 12.2 Å². The summed E-state index contributed by atoms with van der Waals surface area (Å²) in [6.07, 6.45) is 7.04. The van der Waals surface area contributed by atoms with Crippen molar-refractivity contribution in [2.75, 3.05) is 0 Å². The minimum atomic E-state index is 0.148. The van der Waals surface area contributed by atoms with Crippen molar-refractivity contribution in [2.45, 2.75) is 25.0 Å². The first-order valence-electron chi connectivity index (χ1n) is 3.49. The van der Waals surface area contributed by atoms with E-state index in [1.807, 2.05) is 12.2 Å². The van der Waals surface area contributed by atoms with E-state index >= 15 is 0 Å². The summed E-state index contributed by atoms with van der Waals surface area (Å²) in [5, 5.41) is 1.40. The molecule has 3 heteroatoms. The second-order valence-corrected chi connectivity index (χ2v) is 2.64. The van der Waals surface area contributed by atoms with Crippen LogP contribution in [0.15, 0.2) is 12.2 Å². The lowest BCUT2D eigenvalue weighted by molar-refractivity contribution is -0.218. The Morgan fingerprint density at radius 1 is 1.50 bits per heavy atom. The molecule has 0 aromatic rings. The van der Waals surface area contributed by atoms with E-state index in [0.717, 1.165) is 19.3 Å². The molecule has 0 spiro atoms. The predicted molar refractivity (Wildman–Crippen MR) is 34.9 cm³/mol. The number of rotatable bonds is 1. The molecule has 1 saturated heterocycles. The Kier molecular flexibility index (Phi) is 1.24. The summed E-state index contributed by atoms with van der Waals surface area (Å²) in [7, 11) is 0. The monoisotopic (exact) mass is 139 g/mol. The van der Waals surface area contributed by atoms with Crippen LogP contribution in [0.1, 0.15) is 12.8 Å². The van der Waals surface area contributed by atoms with Gasteiger partial charge in [-0.2, -0.15) is 0 Å². The third kappa shape index (κ3) is 0.743. The van der Waals surface area contributed by atoms with E-state index in [2.05, 4.69) is 0 Å². The van der Waals surface area contributed by atoms with Gasteiger partial charge in [-0.05, 0) is 12.8 Å². The van der Waals surface area contributed by atoms with Crippen LogP contribution in [0.2, 0.25) is 0 Å². The molecule has 2 atom stereocenters.